The molecule has 1 aromatic carbocycles. The summed E-state index contributed by atoms with van der Waals surface area (Å²) >= 11 is 3.41. The molecule has 0 aliphatic rings. The van der Waals surface area contributed by atoms with Crippen LogP contribution >= 0.6 is 15.9 Å². The van der Waals surface area contributed by atoms with Crippen LogP contribution in [0.1, 0.15) is 36.6 Å². The summed E-state index contributed by atoms with van der Waals surface area (Å²) in [6.45, 7) is 2.70. The Morgan fingerprint density at radius 1 is 1.35 bits per heavy atom. The van der Waals surface area contributed by atoms with Gasteiger partial charge in [0.1, 0.15) is 17.5 Å². The van der Waals surface area contributed by atoms with Gasteiger partial charge in [-0.25, -0.2) is 4.68 Å². The second-order valence-electron chi connectivity index (χ2n) is 4.71. The first-order valence-corrected chi connectivity index (χ1v) is 7.44. The monoisotopic (exact) mass is 332 g/mol. The van der Waals surface area contributed by atoms with Crippen LogP contribution in [-0.4, -0.2) is 9.78 Å². The van der Waals surface area contributed by atoms with Gasteiger partial charge in [0.25, 0.3) is 0 Å². The number of aryl methyl sites for hydroxylation is 1. The lowest BCUT2D eigenvalue weighted by molar-refractivity contribution is 0.668. The van der Waals surface area contributed by atoms with Crippen LogP contribution in [0.25, 0.3) is 0 Å². The number of nitrogen functional groups attached to an aromatic ring is 1. The maximum absolute atomic E-state index is 9.22. The molecule has 0 atom stereocenters. The number of hydrogen-bond donors (Lipinski definition) is 1. The van der Waals surface area contributed by atoms with Crippen LogP contribution in [0, 0.1) is 11.3 Å². The third-order valence-electron chi connectivity index (χ3n) is 3.19. The summed E-state index contributed by atoms with van der Waals surface area (Å²) in [5.41, 5.74) is 8.47. The Bertz CT molecular complexity index is 623. The van der Waals surface area contributed by atoms with Crippen molar-refractivity contribution in [1.82, 2.24) is 9.78 Å². The molecule has 2 aromatic rings. The van der Waals surface area contributed by atoms with E-state index in [0.29, 0.717) is 17.9 Å². The number of rotatable bonds is 5. The minimum absolute atomic E-state index is 0.460. The Morgan fingerprint density at radius 2 is 2.05 bits per heavy atom. The van der Waals surface area contributed by atoms with Gasteiger partial charge in [-0.3, -0.25) is 0 Å². The van der Waals surface area contributed by atoms with Crippen molar-refractivity contribution in [3.05, 3.63) is 45.6 Å². The highest BCUT2D eigenvalue weighted by atomic mass is 79.9. The molecule has 1 heterocycles. The predicted molar refractivity (Wildman–Crippen MR) is 83.2 cm³/mol. The smallest absolute Gasteiger partial charge is 0.140 e. The van der Waals surface area contributed by atoms with Crippen molar-refractivity contribution in [3.8, 4) is 6.07 Å². The van der Waals surface area contributed by atoms with Crippen molar-refractivity contribution in [3.63, 3.8) is 0 Å². The first kappa shape index (κ1) is 14.6. The summed E-state index contributed by atoms with van der Waals surface area (Å²) in [6.07, 6.45) is 2.89. The van der Waals surface area contributed by atoms with Crippen molar-refractivity contribution in [2.75, 3.05) is 5.73 Å². The number of unbranched alkanes of at least 4 members (excludes halogenated alkanes) is 1. The summed E-state index contributed by atoms with van der Waals surface area (Å²) in [5, 5.41) is 13.7. The zero-order chi connectivity index (χ0) is 14.5. The molecule has 20 heavy (non-hydrogen) atoms. The first-order valence-electron chi connectivity index (χ1n) is 6.65. The van der Waals surface area contributed by atoms with Gasteiger partial charge in [0.2, 0.25) is 0 Å². The third kappa shape index (κ3) is 3.20. The number of halogens is 1. The fourth-order valence-corrected chi connectivity index (χ4v) is 2.32. The van der Waals surface area contributed by atoms with Crippen LogP contribution in [0.2, 0.25) is 0 Å². The van der Waals surface area contributed by atoms with E-state index in [4.69, 9.17) is 5.73 Å². The second kappa shape index (κ2) is 6.58. The molecule has 0 spiro atoms. The molecular weight excluding hydrogens is 316 g/mol. The molecule has 0 saturated carbocycles. The van der Waals surface area contributed by atoms with E-state index in [1.807, 2.05) is 24.3 Å². The van der Waals surface area contributed by atoms with Gasteiger partial charge in [-0.05, 0) is 30.5 Å². The van der Waals surface area contributed by atoms with E-state index >= 15 is 0 Å². The van der Waals surface area contributed by atoms with E-state index < -0.39 is 0 Å². The van der Waals surface area contributed by atoms with Gasteiger partial charge in [-0.1, -0.05) is 41.4 Å². The molecule has 4 nitrogen and oxygen atoms in total. The van der Waals surface area contributed by atoms with Gasteiger partial charge in [-0.15, -0.1) is 0 Å². The Kier molecular flexibility index (Phi) is 4.80. The van der Waals surface area contributed by atoms with Crippen LogP contribution in [0.3, 0.4) is 0 Å². The lowest BCUT2D eigenvalue weighted by atomic mass is 10.1. The highest BCUT2D eigenvalue weighted by molar-refractivity contribution is 9.10. The number of nitriles is 1. The molecular formula is C15H17BrN4. The molecule has 5 heteroatoms. The van der Waals surface area contributed by atoms with E-state index in [1.165, 1.54) is 0 Å². The zero-order valence-electron chi connectivity index (χ0n) is 11.4. The first-order chi connectivity index (χ1) is 9.65. The molecule has 0 unspecified atom stereocenters. The van der Waals surface area contributed by atoms with Gasteiger partial charge in [0.05, 0.1) is 12.2 Å². The van der Waals surface area contributed by atoms with Crippen molar-refractivity contribution < 1.29 is 0 Å². The van der Waals surface area contributed by atoms with E-state index in [1.54, 1.807) is 4.68 Å². The average molecular weight is 333 g/mol. The molecule has 0 aliphatic carbocycles. The van der Waals surface area contributed by atoms with Crippen LogP contribution in [0.5, 0.6) is 0 Å². The number of nitrogens with zero attached hydrogens (tertiary/aromatic N) is 3. The molecule has 0 radical (unpaired) electrons. The van der Waals surface area contributed by atoms with E-state index in [2.05, 4.69) is 34.0 Å². The van der Waals surface area contributed by atoms with Gasteiger partial charge in [0, 0.05) is 4.47 Å². The van der Waals surface area contributed by atoms with Gasteiger partial charge in [-0.2, -0.15) is 10.4 Å². The molecule has 2 N–H and O–H groups in total. The number of nitrogens with two attached hydrogens (primary N) is 1. The standard InChI is InChI=1S/C15H17BrN4/c1-2-3-4-14-13(9-17)15(18)20(19-14)10-11-5-7-12(16)8-6-11/h5-8H,2-4,10,18H2,1H3. The fourth-order valence-electron chi connectivity index (χ4n) is 2.05. The van der Waals surface area contributed by atoms with Crippen molar-refractivity contribution in [2.45, 2.75) is 32.7 Å². The molecule has 0 bridgehead atoms. The van der Waals surface area contributed by atoms with Crippen LogP contribution in [0.15, 0.2) is 28.7 Å². The van der Waals surface area contributed by atoms with E-state index in [0.717, 1.165) is 35.0 Å². The van der Waals surface area contributed by atoms with Crippen molar-refractivity contribution in [2.24, 2.45) is 0 Å². The lowest BCUT2D eigenvalue weighted by Gasteiger charge is -2.04. The van der Waals surface area contributed by atoms with Crippen LogP contribution in [-0.2, 0) is 13.0 Å². The Labute approximate surface area is 127 Å². The highest BCUT2D eigenvalue weighted by Crippen LogP contribution is 2.20. The summed E-state index contributed by atoms with van der Waals surface area (Å²) in [7, 11) is 0. The number of benzene rings is 1. The molecule has 2 rings (SSSR count). The van der Waals surface area contributed by atoms with Gasteiger partial charge >= 0.3 is 0 Å². The SMILES string of the molecule is CCCCc1nn(Cc2ccc(Br)cc2)c(N)c1C#N. The Hall–Kier alpha value is -1.80. The largest absolute Gasteiger partial charge is 0.383 e. The zero-order valence-corrected chi connectivity index (χ0v) is 13.0. The molecule has 1 aromatic heterocycles. The quantitative estimate of drug-likeness (QED) is 0.911. The second-order valence-corrected chi connectivity index (χ2v) is 5.62. The summed E-state index contributed by atoms with van der Waals surface area (Å²) in [6, 6.07) is 10.2. The topological polar surface area (TPSA) is 67.6 Å². The summed E-state index contributed by atoms with van der Waals surface area (Å²) < 4.78 is 2.75. The van der Waals surface area contributed by atoms with Crippen LogP contribution in [0.4, 0.5) is 5.82 Å². The predicted octanol–water partition coefficient (Wildman–Crippen LogP) is 3.49. The molecule has 0 fully saturated rings. The van der Waals surface area contributed by atoms with Gasteiger partial charge < -0.3 is 5.73 Å². The van der Waals surface area contributed by atoms with Crippen molar-refractivity contribution in [1.29, 1.82) is 5.26 Å². The highest BCUT2D eigenvalue weighted by Gasteiger charge is 2.14. The average Bonchev–Trinajstić information content (AvgIpc) is 2.75. The van der Waals surface area contributed by atoms with Gasteiger partial charge in [0.15, 0.2) is 0 Å². The Balaban J connectivity index is 2.26. The lowest BCUT2D eigenvalue weighted by Crippen LogP contribution is -2.06. The Morgan fingerprint density at radius 3 is 2.65 bits per heavy atom. The normalized spacial score (nSPS) is 10.4. The van der Waals surface area contributed by atoms with E-state index in [9.17, 15) is 5.26 Å². The molecule has 0 aliphatic heterocycles. The number of hydrogen-bond acceptors (Lipinski definition) is 3. The minimum atomic E-state index is 0.460. The van der Waals surface area contributed by atoms with Crippen molar-refractivity contribution >= 4 is 21.7 Å². The summed E-state index contributed by atoms with van der Waals surface area (Å²) in [5.74, 6) is 0.460. The maximum Gasteiger partial charge on any atom is 0.140 e. The molecule has 104 valence electrons. The maximum atomic E-state index is 9.22. The number of aromatic nitrogens is 2. The van der Waals surface area contributed by atoms with E-state index in [-0.39, 0.29) is 0 Å². The molecule has 0 saturated heterocycles. The minimum Gasteiger partial charge on any atom is -0.383 e. The fraction of sp³-hybridized carbons (Fsp3) is 0.333. The third-order valence-corrected chi connectivity index (χ3v) is 3.72. The van der Waals surface area contributed by atoms with Crippen LogP contribution < -0.4 is 5.73 Å². The molecule has 0 amide bonds. The summed E-state index contributed by atoms with van der Waals surface area (Å²) in [4.78, 5) is 0. The number of anilines is 1.